The van der Waals surface area contributed by atoms with E-state index in [0.717, 1.165) is 6.42 Å². The summed E-state index contributed by atoms with van der Waals surface area (Å²) in [5.74, 6) is 0.839. The zero-order valence-electron chi connectivity index (χ0n) is 11.7. The minimum atomic E-state index is -1.05. The summed E-state index contributed by atoms with van der Waals surface area (Å²) in [6.45, 7) is 11.4. The van der Waals surface area contributed by atoms with Gasteiger partial charge in [-0.1, -0.05) is 45.5 Å². The number of Topliss-reactive ketones (excluding diaryl/α,β-unsaturated/α-hetero) is 1. The third-order valence-corrected chi connectivity index (χ3v) is 5.84. The maximum absolute atomic E-state index is 11.7. The first kappa shape index (κ1) is 13.9. The van der Waals surface area contributed by atoms with Crippen LogP contribution in [0.4, 0.5) is 0 Å². The molecule has 1 aliphatic rings. The van der Waals surface area contributed by atoms with Gasteiger partial charge in [-0.05, 0) is 31.6 Å². The molecule has 0 spiro atoms. The highest BCUT2D eigenvalue weighted by molar-refractivity contribution is 6.76. The average molecular weight is 240 g/mol. The van der Waals surface area contributed by atoms with Gasteiger partial charge in [0.2, 0.25) is 0 Å². The molecule has 2 atom stereocenters. The molecule has 1 rings (SSSR count). The molecule has 1 saturated carbocycles. The first-order valence-electron chi connectivity index (χ1n) is 6.81. The van der Waals surface area contributed by atoms with Gasteiger partial charge < -0.3 is 0 Å². The maximum Gasteiger partial charge on any atom is 0.133 e. The normalized spacial score (nSPS) is 29.9. The molecule has 0 bridgehead atoms. The van der Waals surface area contributed by atoms with Crippen molar-refractivity contribution < 1.29 is 4.79 Å². The Bertz CT molecular complexity index is 254. The molecule has 1 aliphatic carbocycles. The molecule has 2 unspecified atom stereocenters. The SMILES string of the molecule is CCCCC1(C[Si](C)(C)C)CCC1C(C)=O. The van der Waals surface area contributed by atoms with Crippen LogP contribution < -0.4 is 0 Å². The molecule has 0 heterocycles. The standard InChI is InChI=1S/C14H28OSi/c1-6-7-9-14(11-16(3,4)5)10-8-13(14)12(2)15/h13H,6-11H2,1-5H3. The van der Waals surface area contributed by atoms with Gasteiger partial charge in [-0.2, -0.15) is 0 Å². The van der Waals surface area contributed by atoms with Gasteiger partial charge in [0.25, 0.3) is 0 Å². The number of carbonyl (C=O) groups is 1. The predicted octanol–water partition coefficient (Wildman–Crippen LogP) is 4.50. The minimum Gasteiger partial charge on any atom is -0.300 e. The van der Waals surface area contributed by atoms with E-state index in [0.29, 0.717) is 17.1 Å². The Labute approximate surface area is 102 Å². The average Bonchev–Trinajstić information content (AvgIpc) is 2.07. The van der Waals surface area contributed by atoms with Gasteiger partial charge in [0.05, 0.1) is 0 Å². The van der Waals surface area contributed by atoms with E-state index in [1.807, 2.05) is 0 Å². The number of ketones is 1. The van der Waals surface area contributed by atoms with E-state index < -0.39 is 8.07 Å². The highest BCUT2D eigenvalue weighted by Gasteiger charge is 2.49. The molecule has 0 aromatic heterocycles. The monoisotopic (exact) mass is 240 g/mol. The molecule has 16 heavy (non-hydrogen) atoms. The van der Waals surface area contributed by atoms with Crippen LogP contribution in [0, 0.1) is 11.3 Å². The molecular formula is C14H28OSi. The van der Waals surface area contributed by atoms with Crippen molar-refractivity contribution in [2.24, 2.45) is 11.3 Å². The summed E-state index contributed by atoms with van der Waals surface area (Å²) < 4.78 is 0. The van der Waals surface area contributed by atoms with Crippen molar-refractivity contribution in [1.29, 1.82) is 0 Å². The Kier molecular flexibility index (Phi) is 4.39. The van der Waals surface area contributed by atoms with Gasteiger partial charge in [-0.25, -0.2) is 0 Å². The Balaban J connectivity index is 2.73. The Hall–Kier alpha value is -0.113. The van der Waals surface area contributed by atoms with E-state index in [1.165, 1.54) is 31.7 Å². The van der Waals surface area contributed by atoms with Gasteiger partial charge in [0.1, 0.15) is 5.78 Å². The Morgan fingerprint density at radius 1 is 1.38 bits per heavy atom. The van der Waals surface area contributed by atoms with Gasteiger partial charge in [-0.3, -0.25) is 4.79 Å². The highest BCUT2D eigenvalue weighted by Crippen LogP contribution is 2.55. The molecule has 1 fully saturated rings. The van der Waals surface area contributed by atoms with E-state index in [-0.39, 0.29) is 0 Å². The first-order valence-corrected chi connectivity index (χ1v) is 10.5. The fourth-order valence-corrected chi connectivity index (χ4v) is 6.23. The van der Waals surface area contributed by atoms with Crippen LogP contribution >= 0.6 is 0 Å². The van der Waals surface area contributed by atoms with Crippen LogP contribution in [0.25, 0.3) is 0 Å². The number of unbranched alkanes of at least 4 members (excludes halogenated alkanes) is 1. The van der Waals surface area contributed by atoms with E-state index >= 15 is 0 Å². The van der Waals surface area contributed by atoms with Crippen LogP contribution in [0.3, 0.4) is 0 Å². The van der Waals surface area contributed by atoms with Crippen molar-refractivity contribution in [2.45, 2.75) is 71.6 Å². The van der Waals surface area contributed by atoms with Crippen molar-refractivity contribution in [2.75, 3.05) is 0 Å². The summed E-state index contributed by atoms with van der Waals surface area (Å²) in [5, 5.41) is 0. The summed E-state index contributed by atoms with van der Waals surface area (Å²) in [4.78, 5) is 11.7. The molecule has 0 saturated heterocycles. The number of carbonyl (C=O) groups excluding carboxylic acids is 1. The highest BCUT2D eigenvalue weighted by atomic mass is 28.3. The van der Waals surface area contributed by atoms with Gasteiger partial charge in [-0.15, -0.1) is 0 Å². The molecule has 2 heteroatoms. The molecule has 94 valence electrons. The van der Waals surface area contributed by atoms with Gasteiger partial charge >= 0.3 is 0 Å². The predicted molar refractivity (Wildman–Crippen MR) is 73.5 cm³/mol. The molecule has 0 aromatic rings. The van der Waals surface area contributed by atoms with Crippen molar-refractivity contribution >= 4 is 13.9 Å². The lowest BCUT2D eigenvalue weighted by molar-refractivity contribution is -0.131. The van der Waals surface area contributed by atoms with E-state index in [9.17, 15) is 4.79 Å². The lowest BCUT2D eigenvalue weighted by Gasteiger charge is -2.51. The van der Waals surface area contributed by atoms with Crippen LogP contribution in [0.1, 0.15) is 46.0 Å². The molecular weight excluding hydrogens is 212 g/mol. The second kappa shape index (κ2) is 5.03. The van der Waals surface area contributed by atoms with Crippen molar-refractivity contribution in [3.8, 4) is 0 Å². The first-order chi connectivity index (χ1) is 7.31. The summed E-state index contributed by atoms with van der Waals surface area (Å²) in [6, 6.07) is 1.35. The summed E-state index contributed by atoms with van der Waals surface area (Å²) in [7, 11) is -1.05. The quantitative estimate of drug-likeness (QED) is 0.625. The smallest absolute Gasteiger partial charge is 0.133 e. The molecule has 1 nitrogen and oxygen atoms in total. The number of rotatable bonds is 6. The van der Waals surface area contributed by atoms with E-state index in [1.54, 1.807) is 6.92 Å². The van der Waals surface area contributed by atoms with Gasteiger partial charge in [0, 0.05) is 14.0 Å². The second-order valence-corrected chi connectivity index (χ2v) is 12.4. The van der Waals surface area contributed by atoms with Crippen LogP contribution in [-0.2, 0) is 4.79 Å². The largest absolute Gasteiger partial charge is 0.300 e. The van der Waals surface area contributed by atoms with Crippen LogP contribution in [0.15, 0.2) is 0 Å². The lowest BCUT2D eigenvalue weighted by atomic mass is 9.57. The summed E-state index contributed by atoms with van der Waals surface area (Å²) in [5.41, 5.74) is 0.409. The fraction of sp³-hybridized carbons (Fsp3) is 0.929. The zero-order chi connectivity index (χ0) is 12.4. The van der Waals surface area contributed by atoms with Crippen molar-refractivity contribution in [3.63, 3.8) is 0 Å². The van der Waals surface area contributed by atoms with Crippen molar-refractivity contribution in [3.05, 3.63) is 0 Å². The lowest BCUT2D eigenvalue weighted by Crippen LogP contribution is -2.48. The third kappa shape index (κ3) is 3.19. The minimum absolute atomic E-state index is 0.394. The van der Waals surface area contributed by atoms with Crippen LogP contribution in [0.2, 0.25) is 25.7 Å². The molecule has 0 radical (unpaired) electrons. The zero-order valence-corrected chi connectivity index (χ0v) is 12.7. The van der Waals surface area contributed by atoms with E-state index in [4.69, 9.17) is 0 Å². The Morgan fingerprint density at radius 2 is 2.00 bits per heavy atom. The molecule has 0 aliphatic heterocycles. The number of hydrogen-bond donors (Lipinski definition) is 0. The molecule has 0 amide bonds. The maximum atomic E-state index is 11.7. The summed E-state index contributed by atoms with van der Waals surface area (Å²) in [6.07, 6.45) is 6.31. The van der Waals surface area contributed by atoms with Gasteiger partial charge in [0.15, 0.2) is 0 Å². The van der Waals surface area contributed by atoms with Crippen LogP contribution in [-0.4, -0.2) is 13.9 Å². The van der Waals surface area contributed by atoms with Crippen molar-refractivity contribution in [1.82, 2.24) is 0 Å². The van der Waals surface area contributed by atoms with Crippen LogP contribution in [0.5, 0.6) is 0 Å². The second-order valence-electron chi connectivity index (χ2n) is 6.91. The van der Waals surface area contributed by atoms with E-state index in [2.05, 4.69) is 26.6 Å². The molecule has 0 N–H and O–H groups in total. The summed E-state index contributed by atoms with van der Waals surface area (Å²) >= 11 is 0. The third-order valence-electron chi connectivity index (χ3n) is 4.07. The Morgan fingerprint density at radius 3 is 2.31 bits per heavy atom. The fourth-order valence-electron chi connectivity index (χ4n) is 3.52. The number of hydrogen-bond acceptors (Lipinski definition) is 1. The molecule has 0 aromatic carbocycles. The topological polar surface area (TPSA) is 17.1 Å².